The van der Waals surface area contributed by atoms with Gasteiger partial charge in [-0.05, 0) is 31.5 Å². The number of anilines is 2. The molecule has 2 heterocycles. The molecule has 0 spiro atoms. The first-order valence-corrected chi connectivity index (χ1v) is 9.51. The van der Waals surface area contributed by atoms with E-state index >= 15 is 0 Å². The molecule has 8 nitrogen and oxygen atoms in total. The molecule has 3 rings (SSSR count). The van der Waals surface area contributed by atoms with E-state index in [1.807, 2.05) is 6.07 Å². The summed E-state index contributed by atoms with van der Waals surface area (Å²) in [7, 11) is 1.70. The highest BCUT2D eigenvalue weighted by Gasteiger charge is 2.23. The maximum atomic E-state index is 12.7. The zero-order valence-corrected chi connectivity index (χ0v) is 17.0. The average Bonchev–Trinajstić information content (AvgIpc) is 3.23. The maximum absolute atomic E-state index is 12.7. The second-order valence-electron chi connectivity index (χ2n) is 7.00. The maximum Gasteiger partial charge on any atom is 0.263 e. The molecule has 30 heavy (non-hydrogen) atoms. The summed E-state index contributed by atoms with van der Waals surface area (Å²) in [5.41, 5.74) is 7.29. The summed E-state index contributed by atoms with van der Waals surface area (Å²) in [6.45, 7) is 3.36. The second kappa shape index (κ2) is 9.68. The molecule has 4 N–H and O–H groups in total. The van der Waals surface area contributed by atoms with Crippen molar-refractivity contribution < 1.29 is 18.3 Å². The molecule has 0 saturated carbocycles. The van der Waals surface area contributed by atoms with Crippen molar-refractivity contribution in [3.8, 4) is 5.88 Å². The molecule has 1 fully saturated rings. The van der Waals surface area contributed by atoms with Crippen molar-refractivity contribution in [2.45, 2.75) is 25.9 Å². The summed E-state index contributed by atoms with van der Waals surface area (Å²) in [5.74, 6) is 7.21. The molecule has 1 aliphatic rings. The van der Waals surface area contributed by atoms with E-state index in [9.17, 15) is 8.78 Å². The lowest BCUT2D eigenvalue weighted by molar-refractivity contribution is 0.121. The Balaban J connectivity index is 1.63. The van der Waals surface area contributed by atoms with Gasteiger partial charge < -0.3 is 20.1 Å². The van der Waals surface area contributed by atoms with Crippen molar-refractivity contribution in [3.05, 3.63) is 53.4 Å². The number of hydrogen-bond acceptors (Lipinski definition) is 8. The van der Waals surface area contributed by atoms with Crippen molar-refractivity contribution in [2.24, 2.45) is 11.6 Å². The third kappa shape index (κ3) is 5.14. The Bertz CT molecular complexity index is 857. The molecule has 1 unspecified atom stereocenters. The van der Waals surface area contributed by atoms with E-state index < -0.39 is 6.43 Å². The third-order valence-electron chi connectivity index (χ3n) is 4.95. The van der Waals surface area contributed by atoms with Crippen LogP contribution in [0.1, 0.15) is 25.3 Å². The molecule has 162 valence electrons. The van der Waals surface area contributed by atoms with Crippen LogP contribution in [0, 0.1) is 0 Å². The Morgan fingerprint density at radius 2 is 1.97 bits per heavy atom. The lowest BCUT2D eigenvalue weighted by Gasteiger charge is -2.23. The molecule has 0 amide bonds. The lowest BCUT2D eigenvalue weighted by Crippen LogP contribution is -2.35. The number of ether oxygens (including phenoxy) is 2. The first-order valence-electron chi connectivity index (χ1n) is 9.51. The highest BCUT2D eigenvalue weighted by Crippen LogP contribution is 2.24. The van der Waals surface area contributed by atoms with Crippen molar-refractivity contribution >= 4 is 11.5 Å². The quantitative estimate of drug-likeness (QED) is 0.496. The van der Waals surface area contributed by atoms with Gasteiger partial charge in [0.1, 0.15) is 6.61 Å². The average molecular weight is 420 g/mol. The predicted molar refractivity (Wildman–Crippen MR) is 110 cm³/mol. The van der Waals surface area contributed by atoms with Crippen LogP contribution in [0.5, 0.6) is 5.88 Å². The van der Waals surface area contributed by atoms with E-state index in [2.05, 4.69) is 15.1 Å². The van der Waals surface area contributed by atoms with Crippen LogP contribution >= 0.6 is 0 Å². The van der Waals surface area contributed by atoms with Crippen molar-refractivity contribution in [2.75, 3.05) is 36.7 Å². The predicted octanol–water partition coefficient (Wildman–Crippen LogP) is 2.59. The van der Waals surface area contributed by atoms with Gasteiger partial charge in [0.2, 0.25) is 5.88 Å². The zero-order valence-electron chi connectivity index (χ0n) is 17.0. The van der Waals surface area contributed by atoms with Gasteiger partial charge in [0.25, 0.3) is 6.43 Å². The number of halogens is 2. The number of aromatic nitrogens is 2. The summed E-state index contributed by atoms with van der Waals surface area (Å²) in [6, 6.07) is 9.21. The molecule has 1 aromatic heterocycles. The van der Waals surface area contributed by atoms with Crippen LogP contribution in [0.3, 0.4) is 0 Å². The zero-order chi connectivity index (χ0) is 21.7. The van der Waals surface area contributed by atoms with Crippen LogP contribution in [0.25, 0.3) is 0 Å². The van der Waals surface area contributed by atoms with Crippen LogP contribution in [-0.2, 0) is 4.74 Å². The Morgan fingerprint density at radius 3 is 2.50 bits per heavy atom. The van der Waals surface area contributed by atoms with Crippen LogP contribution in [-0.4, -0.2) is 43.1 Å². The van der Waals surface area contributed by atoms with E-state index in [4.69, 9.17) is 21.1 Å². The number of nitrogens with two attached hydrogens (primary N) is 2. The number of hydrogen-bond donors (Lipinski definition) is 2. The fourth-order valence-electron chi connectivity index (χ4n) is 3.14. The van der Waals surface area contributed by atoms with Gasteiger partial charge in [0.15, 0.2) is 5.82 Å². The Morgan fingerprint density at radius 1 is 1.23 bits per heavy atom. The molecule has 1 atom stereocenters. The minimum absolute atomic E-state index is 0.0406. The van der Waals surface area contributed by atoms with E-state index in [1.54, 1.807) is 20.1 Å². The number of rotatable bonds is 8. The van der Waals surface area contributed by atoms with Gasteiger partial charge >= 0.3 is 0 Å². The topological polar surface area (TPSA) is 103 Å². The molecule has 1 aliphatic heterocycles. The van der Waals surface area contributed by atoms with Gasteiger partial charge in [0, 0.05) is 37.5 Å². The first-order chi connectivity index (χ1) is 14.4. The SMILES string of the molecule is COC1CCN(c2ccc(OC/C(=C(\C)N)N(N)c3ccc(C(F)F)cc3)nn2)C1. The van der Waals surface area contributed by atoms with Crippen molar-refractivity contribution in [1.29, 1.82) is 0 Å². The molecule has 0 aliphatic carbocycles. The summed E-state index contributed by atoms with van der Waals surface area (Å²) < 4.78 is 36.6. The summed E-state index contributed by atoms with van der Waals surface area (Å²) in [6.07, 6.45) is -1.39. The molecule has 2 aromatic rings. The number of allylic oxidation sites excluding steroid dienone is 1. The number of benzene rings is 1. The van der Waals surface area contributed by atoms with E-state index in [0.717, 1.165) is 25.3 Å². The minimum atomic E-state index is -2.54. The van der Waals surface area contributed by atoms with Crippen molar-refractivity contribution in [1.82, 2.24) is 10.2 Å². The number of methoxy groups -OCH3 is 1. The van der Waals surface area contributed by atoms with Crippen LogP contribution in [0.15, 0.2) is 47.8 Å². The fourth-order valence-corrected chi connectivity index (χ4v) is 3.14. The molecule has 0 bridgehead atoms. The summed E-state index contributed by atoms with van der Waals surface area (Å²) in [4.78, 5) is 2.10. The van der Waals surface area contributed by atoms with Gasteiger partial charge in [-0.1, -0.05) is 12.1 Å². The van der Waals surface area contributed by atoms with Gasteiger partial charge in [-0.25, -0.2) is 14.6 Å². The Hall–Kier alpha value is -2.98. The molecular formula is C20H26F2N6O2. The summed E-state index contributed by atoms with van der Waals surface area (Å²) in [5, 5.41) is 9.63. The second-order valence-corrected chi connectivity index (χ2v) is 7.00. The first kappa shape index (κ1) is 21.7. The van der Waals surface area contributed by atoms with Crippen molar-refractivity contribution in [3.63, 3.8) is 0 Å². The Labute approximate surface area is 174 Å². The molecule has 1 aromatic carbocycles. The van der Waals surface area contributed by atoms with E-state index in [0.29, 0.717) is 23.0 Å². The van der Waals surface area contributed by atoms with Crippen LogP contribution in [0.2, 0.25) is 0 Å². The molecule has 10 heteroatoms. The molecule has 1 saturated heterocycles. The fraction of sp³-hybridized carbons (Fsp3) is 0.400. The molecular weight excluding hydrogens is 394 g/mol. The monoisotopic (exact) mass is 420 g/mol. The highest BCUT2D eigenvalue weighted by molar-refractivity contribution is 5.52. The smallest absolute Gasteiger partial charge is 0.263 e. The largest absolute Gasteiger partial charge is 0.470 e. The van der Waals surface area contributed by atoms with Crippen LogP contribution < -0.4 is 26.2 Å². The standard InChI is InChI=1S/C20H26F2N6O2/c1-13(23)17(28(24)15-5-3-14(4-6-15)20(21)22)12-30-19-8-7-18(25-26-19)27-10-9-16(11-27)29-2/h3-8,16,20H,9-12,23-24H2,1-2H3/b17-13-. The number of hydrazine groups is 1. The van der Waals surface area contributed by atoms with Gasteiger partial charge in [-0.15, -0.1) is 10.2 Å². The van der Waals surface area contributed by atoms with Crippen LogP contribution in [0.4, 0.5) is 20.3 Å². The van der Waals surface area contributed by atoms with Gasteiger partial charge in [-0.3, -0.25) is 5.01 Å². The molecule has 0 radical (unpaired) electrons. The lowest BCUT2D eigenvalue weighted by atomic mass is 10.2. The van der Waals surface area contributed by atoms with Gasteiger partial charge in [-0.2, -0.15) is 0 Å². The normalized spacial score (nSPS) is 17.3. The minimum Gasteiger partial charge on any atom is -0.470 e. The van der Waals surface area contributed by atoms with E-state index in [1.165, 1.54) is 29.3 Å². The van der Waals surface area contributed by atoms with Gasteiger partial charge in [0.05, 0.1) is 17.5 Å². The number of alkyl halides is 2. The summed E-state index contributed by atoms with van der Waals surface area (Å²) >= 11 is 0. The highest BCUT2D eigenvalue weighted by atomic mass is 19.3. The third-order valence-corrected chi connectivity index (χ3v) is 4.95. The number of nitrogens with zero attached hydrogens (tertiary/aromatic N) is 4. The van der Waals surface area contributed by atoms with E-state index in [-0.39, 0.29) is 18.3 Å². The Kier molecular flexibility index (Phi) is 7.01.